The molecule has 0 unspecified atom stereocenters. The molecule has 4 nitrogen and oxygen atoms in total. The minimum Gasteiger partial charge on any atom is -1.00 e. The fourth-order valence-corrected chi connectivity index (χ4v) is 3.29. The molecular formula is C17H14Br2N3OS-. The van der Waals surface area contributed by atoms with Crippen molar-refractivity contribution in [1.82, 2.24) is 9.99 Å². The van der Waals surface area contributed by atoms with Crippen LogP contribution in [0.1, 0.15) is 6.92 Å². The second-order valence-corrected chi connectivity index (χ2v) is 6.61. The van der Waals surface area contributed by atoms with Gasteiger partial charge in [-0.1, -0.05) is 46.3 Å². The molecule has 0 radical (unpaired) electrons. The highest BCUT2D eigenvalue weighted by atomic mass is 79.9. The molecule has 3 aromatic rings. The van der Waals surface area contributed by atoms with Crippen molar-refractivity contribution in [1.29, 1.82) is 0 Å². The van der Waals surface area contributed by atoms with Crippen LogP contribution in [0.5, 0.6) is 0 Å². The summed E-state index contributed by atoms with van der Waals surface area (Å²) in [4.78, 5) is 11.9. The van der Waals surface area contributed by atoms with Gasteiger partial charge in [0, 0.05) is 22.5 Å². The van der Waals surface area contributed by atoms with E-state index in [1.165, 1.54) is 18.3 Å². The highest BCUT2D eigenvalue weighted by Gasteiger charge is 2.10. The molecule has 0 atom stereocenters. The monoisotopic (exact) mass is 466 g/mol. The Balaban J connectivity index is 0.00000208. The van der Waals surface area contributed by atoms with Gasteiger partial charge in [0.05, 0.1) is 5.69 Å². The average molecular weight is 468 g/mol. The van der Waals surface area contributed by atoms with Gasteiger partial charge in [0.15, 0.2) is 0 Å². The number of carbonyl (C=O) groups excluding carboxylic acids is 1. The molecule has 7 heteroatoms. The number of hydrogen-bond donors (Lipinski definition) is 1. The van der Waals surface area contributed by atoms with Crippen LogP contribution < -0.4 is 27.2 Å². The van der Waals surface area contributed by atoms with Crippen LogP contribution in [-0.4, -0.2) is 10.5 Å². The van der Waals surface area contributed by atoms with Gasteiger partial charge in [-0.3, -0.25) is 9.36 Å². The minimum absolute atomic E-state index is 0. The van der Waals surface area contributed by atoms with Crippen molar-refractivity contribution < 1.29 is 21.8 Å². The molecule has 0 fully saturated rings. The summed E-state index contributed by atoms with van der Waals surface area (Å²) in [5.41, 5.74) is 5.62. The van der Waals surface area contributed by atoms with E-state index in [-0.39, 0.29) is 22.9 Å². The van der Waals surface area contributed by atoms with E-state index in [1.807, 2.05) is 64.5 Å². The molecule has 0 saturated carbocycles. The first-order chi connectivity index (χ1) is 11.1. The van der Waals surface area contributed by atoms with Gasteiger partial charge in [-0.05, 0) is 29.8 Å². The van der Waals surface area contributed by atoms with Gasteiger partial charge < -0.3 is 17.0 Å². The number of aromatic nitrogens is 1. The van der Waals surface area contributed by atoms with E-state index < -0.39 is 0 Å². The molecule has 0 saturated heterocycles. The lowest BCUT2D eigenvalue weighted by molar-refractivity contribution is -0.119. The molecule has 0 aliphatic carbocycles. The van der Waals surface area contributed by atoms with Crippen molar-refractivity contribution in [3.8, 4) is 16.9 Å². The van der Waals surface area contributed by atoms with E-state index in [1.54, 1.807) is 0 Å². The maximum absolute atomic E-state index is 11.2. The first-order valence-electron chi connectivity index (χ1n) is 6.97. The maximum atomic E-state index is 11.2. The summed E-state index contributed by atoms with van der Waals surface area (Å²) in [6, 6.07) is 18.1. The first kappa shape index (κ1) is 18.6. The number of thiazole rings is 1. The molecule has 1 amide bonds. The predicted molar refractivity (Wildman–Crippen MR) is 96.2 cm³/mol. The number of hydrogen-bond acceptors (Lipinski definition) is 3. The number of halogens is 2. The number of para-hydroxylation sites is 1. The number of rotatable bonds is 3. The molecule has 0 spiro atoms. The van der Waals surface area contributed by atoms with Gasteiger partial charge in [0.25, 0.3) is 0 Å². The normalized spacial score (nSPS) is 11.0. The van der Waals surface area contributed by atoms with E-state index in [0.29, 0.717) is 4.80 Å². The Kier molecular flexibility index (Phi) is 6.53. The molecule has 1 heterocycles. The van der Waals surface area contributed by atoms with Gasteiger partial charge in [-0.25, -0.2) is 5.43 Å². The molecule has 3 rings (SSSR count). The van der Waals surface area contributed by atoms with Crippen LogP contribution in [0.4, 0.5) is 0 Å². The van der Waals surface area contributed by atoms with Crippen LogP contribution >= 0.6 is 27.3 Å². The van der Waals surface area contributed by atoms with E-state index in [2.05, 4.69) is 26.5 Å². The maximum Gasteiger partial charge on any atom is 0.237 e. The van der Waals surface area contributed by atoms with Crippen LogP contribution in [0, 0.1) is 0 Å². The lowest BCUT2D eigenvalue weighted by Gasteiger charge is -2.09. The molecule has 124 valence electrons. The summed E-state index contributed by atoms with van der Waals surface area (Å²) in [6.07, 6.45) is 0. The van der Waals surface area contributed by atoms with Crippen LogP contribution in [0.25, 0.3) is 16.9 Å². The second kappa shape index (κ2) is 8.41. The highest BCUT2D eigenvalue weighted by Crippen LogP contribution is 2.24. The fourth-order valence-electron chi connectivity index (χ4n) is 2.16. The number of benzene rings is 2. The van der Waals surface area contributed by atoms with Gasteiger partial charge in [-0.2, -0.15) is 0 Å². The largest absolute Gasteiger partial charge is 1.00 e. The van der Waals surface area contributed by atoms with Crippen molar-refractivity contribution in [2.75, 3.05) is 0 Å². The molecule has 2 aromatic carbocycles. The summed E-state index contributed by atoms with van der Waals surface area (Å²) < 4.78 is 3.06. The zero-order valence-electron chi connectivity index (χ0n) is 12.7. The Morgan fingerprint density at radius 1 is 1.12 bits per heavy atom. The summed E-state index contributed by atoms with van der Waals surface area (Å²) in [5.74, 6) is -0.191. The van der Waals surface area contributed by atoms with Crippen LogP contribution in [0.15, 0.2) is 69.6 Å². The van der Waals surface area contributed by atoms with Crippen molar-refractivity contribution >= 4 is 33.2 Å². The Morgan fingerprint density at radius 2 is 1.79 bits per heavy atom. The van der Waals surface area contributed by atoms with Crippen LogP contribution in [0.2, 0.25) is 0 Å². The summed E-state index contributed by atoms with van der Waals surface area (Å²) in [6.45, 7) is 1.44. The SMILES string of the molecule is CC(=O)N/N=c1/scc(-c2ccc(Br)cc2)n1-c1ccccc1.[Br-]. The Morgan fingerprint density at radius 3 is 2.42 bits per heavy atom. The topological polar surface area (TPSA) is 46.4 Å². The molecule has 1 N–H and O–H groups in total. The van der Waals surface area contributed by atoms with Crippen LogP contribution in [0.3, 0.4) is 0 Å². The quantitative estimate of drug-likeness (QED) is 0.572. The first-order valence-corrected chi connectivity index (χ1v) is 8.64. The van der Waals surface area contributed by atoms with Gasteiger partial charge in [0.1, 0.15) is 0 Å². The minimum atomic E-state index is -0.191. The lowest BCUT2D eigenvalue weighted by atomic mass is 10.1. The van der Waals surface area contributed by atoms with E-state index in [0.717, 1.165) is 21.4 Å². The van der Waals surface area contributed by atoms with Gasteiger partial charge in [-0.15, -0.1) is 16.4 Å². The van der Waals surface area contributed by atoms with Crippen molar-refractivity contribution in [2.24, 2.45) is 5.10 Å². The summed E-state index contributed by atoms with van der Waals surface area (Å²) >= 11 is 4.94. The molecule has 0 aliphatic rings. The Labute approximate surface area is 162 Å². The molecule has 0 bridgehead atoms. The summed E-state index contributed by atoms with van der Waals surface area (Å²) in [5, 5.41) is 6.26. The van der Waals surface area contributed by atoms with Crippen molar-refractivity contribution in [3.63, 3.8) is 0 Å². The number of amides is 1. The zero-order chi connectivity index (χ0) is 16.2. The molecule has 0 aliphatic heterocycles. The van der Waals surface area contributed by atoms with Crippen LogP contribution in [-0.2, 0) is 4.79 Å². The third kappa shape index (κ3) is 4.23. The lowest BCUT2D eigenvalue weighted by Crippen LogP contribution is -3.00. The van der Waals surface area contributed by atoms with Gasteiger partial charge in [0.2, 0.25) is 10.7 Å². The third-order valence-electron chi connectivity index (χ3n) is 3.17. The Hall–Kier alpha value is -1.70. The van der Waals surface area contributed by atoms with E-state index in [4.69, 9.17) is 0 Å². The molecule has 1 aromatic heterocycles. The predicted octanol–water partition coefficient (Wildman–Crippen LogP) is 0.924. The second-order valence-electron chi connectivity index (χ2n) is 4.86. The van der Waals surface area contributed by atoms with E-state index >= 15 is 0 Å². The standard InChI is InChI=1S/C17H14BrN3OS.BrH/c1-12(22)19-20-17-21(15-5-3-2-4-6-15)16(11-23-17)13-7-9-14(18)10-8-13;/h2-11H,1H3,(H,19,22);1H/p-1/b20-17+;. The molecule has 24 heavy (non-hydrogen) atoms. The third-order valence-corrected chi connectivity index (χ3v) is 4.53. The molecular weight excluding hydrogens is 454 g/mol. The number of nitrogens with one attached hydrogen (secondary N) is 1. The number of nitrogens with zero attached hydrogens (tertiary/aromatic N) is 2. The van der Waals surface area contributed by atoms with Crippen molar-refractivity contribution in [3.05, 3.63) is 69.3 Å². The zero-order valence-corrected chi connectivity index (χ0v) is 16.7. The van der Waals surface area contributed by atoms with Crippen molar-refractivity contribution in [2.45, 2.75) is 6.92 Å². The highest BCUT2D eigenvalue weighted by molar-refractivity contribution is 9.10. The van der Waals surface area contributed by atoms with E-state index in [9.17, 15) is 4.79 Å². The number of carbonyl (C=O) groups is 1. The fraction of sp³-hybridized carbons (Fsp3) is 0.0588. The Bertz CT molecular complexity index is 886. The summed E-state index contributed by atoms with van der Waals surface area (Å²) in [7, 11) is 0. The smallest absolute Gasteiger partial charge is 0.237 e. The average Bonchev–Trinajstić information content (AvgIpc) is 2.98. The van der Waals surface area contributed by atoms with Gasteiger partial charge >= 0.3 is 0 Å².